The highest BCUT2D eigenvalue weighted by Crippen LogP contribution is 2.21. The molecule has 0 radical (unpaired) electrons. The largest absolute Gasteiger partial charge is 0.381 e. The van der Waals surface area contributed by atoms with E-state index in [1.54, 1.807) is 0 Å². The molecule has 0 aliphatic carbocycles. The van der Waals surface area contributed by atoms with Crippen molar-refractivity contribution in [2.24, 2.45) is 11.7 Å². The first-order valence-electron chi connectivity index (χ1n) is 6.71. The van der Waals surface area contributed by atoms with E-state index < -0.39 is 0 Å². The Bertz CT molecular complexity index is 183. The molecule has 0 aromatic rings. The van der Waals surface area contributed by atoms with Crippen LogP contribution >= 0.6 is 0 Å². The van der Waals surface area contributed by atoms with Crippen LogP contribution in [0.2, 0.25) is 0 Å². The lowest BCUT2D eigenvalue weighted by Gasteiger charge is -2.40. The van der Waals surface area contributed by atoms with Gasteiger partial charge in [0.1, 0.15) is 0 Å². The molecular weight excluding hydrogens is 200 g/mol. The van der Waals surface area contributed by atoms with Gasteiger partial charge in [0, 0.05) is 32.8 Å². The van der Waals surface area contributed by atoms with Gasteiger partial charge in [-0.25, -0.2) is 0 Å². The summed E-state index contributed by atoms with van der Waals surface area (Å²) in [5, 5.41) is 0. The Morgan fingerprint density at radius 3 is 2.56 bits per heavy atom. The molecule has 1 rings (SSSR count). The summed E-state index contributed by atoms with van der Waals surface area (Å²) in [7, 11) is 1.81. The van der Waals surface area contributed by atoms with E-state index in [2.05, 4.69) is 18.7 Å². The second-order valence-corrected chi connectivity index (χ2v) is 4.95. The van der Waals surface area contributed by atoms with Crippen LogP contribution in [-0.4, -0.2) is 43.8 Å². The van der Waals surface area contributed by atoms with Crippen molar-refractivity contribution in [1.29, 1.82) is 0 Å². The zero-order chi connectivity index (χ0) is 12.0. The fraction of sp³-hybridized carbons (Fsp3) is 1.00. The normalized spacial score (nSPS) is 27.6. The Morgan fingerprint density at radius 1 is 1.38 bits per heavy atom. The molecule has 1 saturated heterocycles. The summed E-state index contributed by atoms with van der Waals surface area (Å²) in [4.78, 5) is 2.58. The van der Waals surface area contributed by atoms with Gasteiger partial charge >= 0.3 is 0 Å². The van der Waals surface area contributed by atoms with Crippen molar-refractivity contribution in [3.05, 3.63) is 0 Å². The van der Waals surface area contributed by atoms with Gasteiger partial charge in [0.05, 0.1) is 6.10 Å². The third kappa shape index (κ3) is 3.72. The summed E-state index contributed by atoms with van der Waals surface area (Å²) in [6.45, 7) is 7.70. The highest BCUT2D eigenvalue weighted by atomic mass is 16.5. The van der Waals surface area contributed by atoms with E-state index in [0.29, 0.717) is 12.1 Å². The SMILES string of the molecule is CCC(CC)CN1CCC(OC)CC1CN. The number of likely N-dealkylation sites (tertiary alicyclic amines) is 1. The van der Waals surface area contributed by atoms with Crippen molar-refractivity contribution in [2.45, 2.75) is 51.7 Å². The van der Waals surface area contributed by atoms with Crippen molar-refractivity contribution < 1.29 is 4.74 Å². The molecule has 2 atom stereocenters. The monoisotopic (exact) mass is 228 g/mol. The van der Waals surface area contributed by atoms with Crippen LogP contribution in [0.15, 0.2) is 0 Å². The maximum absolute atomic E-state index is 5.87. The number of methoxy groups -OCH3 is 1. The minimum atomic E-state index is 0.423. The van der Waals surface area contributed by atoms with Gasteiger partial charge in [-0.3, -0.25) is 4.90 Å². The van der Waals surface area contributed by atoms with Gasteiger partial charge in [0.15, 0.2) is 0 Å². The number of ether oxygens (including phenoxy) is 1. The number of rotatable bonds is 6. The molecule has 0 amide bonds. The van der Waals surface area contributed by atoms with Crippen LogP contribution in [0.4, 0.5) is 0 Å². The average Bonchev–Trinajstić information content (AvgIpc) is 2.35. The van der Waals surface area contributed by atoms with E-state index in [1.807, 2.05) is 7.11 Å². The fourth-order valence-electron chi connectivity index (χ4n) is 2.64. The van der Waals surface area contributed by atoms with Gasteiger partial charge in [0.25, 0.3) is 0 Å². The molecule has 3 heteroatoms. The zero-order valence-corrected chi connectivity index (χ0v) is 11.1. The molecule has 0 bridgehead atoms. The third-order valence-corrected chi connectivity index (χ3v) is 4.04. The Labute approximate surface area is 100 Å². The van der Waals surface area contributed by atoms with Crippen molar-refractivity contribution in [3.63, 3.8) is 0 Å². The Kier molecular flexibility index (Phi) is 6.32. The lowest BCUT2D eigenvalue weighted by molar-refractivity contribution is 0.00731. The molecule has 1 fully saturated rings. The molecule has 0 aromatic carbocycles. The number of nitrogens with zero attached hydrogens (tertiary/aromatic N) is 1. The Morgan fingerprint density at radius 2 is 2.06 bits per heavy atom. The topological polar surface area (TPSA) is 38.5 Å². The van der Waals surface area contributed by atoms with Crippen molar-refractivity contribution >= 4 is 0 Å². The Hall–Kier alpha value is -0.120. The van der Waals surface area contributed by atoms with Crippen LogP contribution in [-0.2, 0) is 4.74 Å². The first kappa shape index (κ1) is 13.9. The maximum atomic E-state index is 5.87. The fourth-order valence-corrected chi connectivity index (χ4v) is 2.64. The van der Waals surface area contributed by atoms with Gasteiger partial charge < -0.3 is 10.5 Å². The van der Waals surface area contributed by atoms with E-state index in [9.17, 15) is 0 Å². The van der Waals surface area contributed by atoms with Gasteiger partial charge in [-0.1, -0.05) is 26.7 Å². The van der Waals surface area contributed by atoms with Crippen LogP contribution < -0.4 is 5.73 Å². The van der Waals surface area contributed by atoms with Crippen molar-refractivity contribution in [1.82, 2.24) is 4.90 Å². The van der Waals surface area contributed by atoms with E-state index >= 15 is 0 Å². The molecule has 3 nitrogen and oxygen atoms in total. The van der Waals surface area contributed by atoms with Crippen LogP contribution in [0.5, 0.6) is 0 Å². The van der Waals surface area contributed by atoms with Crippen LogP contribution in [0, 0.1) is 5.92 Å². The molecule has 16 heavy (non-hydrogen) atoms. The van der Waals surface area contributed by atoms with E-state index in [-0.39, 0.29) is 0 Å². The average molecular weight is 228 g/mol. The summed E-state index contributed by atoms with van der Waals surface area (Å²) in [6.07, 6.45) is 5.24. The van der Waals surface area contributed by atoms with Gasteiger partial charge in [-0.05, 0) is 18.8 Å². The first-order chi connectivity index (χ1) is 7.74. The summed E-state index contributed by atoms with van der Waals surface area (Å²) in [6, 6.07) is 0.527. The van der Waals surface area contributed by atoms with Gasteiger partial charge in [-0.15, -0.1) is 0 Å². The van der Waals surface area contributed by atoms with Crippen molar-refractivity contribution in [3.8, 4) is 0 Å². The van der Waals surface area contributed by atoms with E-state index in [4.69, 9.17) is 10.5 Å². The second kappa shape index (κ2) is 7.25. The minimum absolute atomic E-state index is 0.423. The first-order valence-corrected chi connectivity index (χ1v) is 6.71. The zero-order valence-electron chi connectivity index (χ0n) is 11.1. The van der Waals surface area contributed by atoms with E-state index in [0.717, 1.165) is 31.8 Å². The molecule has 1 aliphatic heterocycles. The van der Waals surface area contributed by atoms with Gasteiger partial charge in [-0.2, -0.15) is 0 Å². The highest BCUT2D eigenvalue weighted by molar-refractivity contribution is 4.83. The van der Waals surface area contributed by atoms with Crippen LogP contribution in [0.3, 0.4) is 0 Å². The predicted molar refractivity (Wildman–Crippen MR) is 68.5 cm³/mol. The molecule has 0 aromatic heterocycles. The maximum Gasteiger partial charge on any atom is 0.0599 e. The predicted octanol–water partition coefficient (Wildman–Crippen LogP) is 1.86. The molecule has 0 saturated carbocycles. The number of nitrogens with two attached hydrogens (primary N) is 1. The molecule has 2 unspecified atom stereocenters. The summed E-state index contributed by atoms with van der Waals surface area (Å²) < 4.78 is 5.45. The molecular formula is C13H28N2O. The van der Waals surface area contributed by atoms with Crippen LogP contribution in [0.25, 0.3) is 0 Å². The summed E-state index contributed by atoms with van der Waals surface area (Å²) in [5.41, 5.74) is 5.87. The molecule has 1 heterocycles. The number of hydrogen-bond acceptors (Lipinski definition) is 3. The molecule has 96 valence electrons. The van der Waals surface area contributed by atoms with Crippen LogP contribution in [0.1, 0.15) is 39.5 Å². The Balaban J connectivity index is 2.46. The smallest absolute Gasteiger partial charge is 0.0599 e. The number of hydrogen-bond donors (Lipinski definition) is 1. The minimum Gasteiger partial charge on any atom is -0.381 e. The lowest BCUT2D eigenvalue weighted by atomic mass is 9.95. The quantitative estimate of drug-likeness (QED) is 0.754. The standard InChI is InChI=1S/C13H28N2O/c1-4-11(5-2)10-15-7-6-13(16-3)8-12(15)9-14/h11-13H,4-10,14H2,1-3H3. The second-order valence-electron chi connectivity index (χ2n) is 4.95. The summed E-state index contributed by atoms with van der Waals surface area (Å²) >= 11 is 0. The lowest BCUT2D eigenvalue weighted by Crippen LogP contribution is -2.50. The molecule has 2 N–H and O–H groups in total. The summed E-state index contributed by atoms with van der Waals surface area (Å²) in [5.74, 6) is 0.827. The molecule has 1 aliphatic rings. The molecule has 0 spiro atoms. The van der Waals surface area contributed by atoms with Crippen molar-refractivity contribution in [2.75, 3.05) is 26.7 Å². The van der Waals surface area contributed by atoms with E-state index in [1.165, 1.54) is 19.4 Å². The highest BCUT2D eigenvalue weighted by Gasteiger charge is 2.28. The number of piperidine rings is 1. The van der Waals surface area contributed by atoms with Gasteiger partial charge in [0.2, 0.25) is 0 Å². The third-order valence-electron chi connectivity index (χ3n) is 4.04.